The fourth-order valence-corrected chi connectivity index (χ4v) is 1.38. The Balaban J connectivity index is 4.11. The van der Waals surface area contributed by atoms with Gasteiger partial charge in [0.1, 0.15) is 6.54 Å². The van der Waals surface area contributed by atoms with Crippen LogP contribution in [0, 0.1) is 0 Å². The molecule has 0 aromatic heterocycles. The number of hydrogen-bond donors (Lipinski definition) is 0. The molecule has 0 unspecified atom stereocenters. The molecular weight excluding hydrogens is 222 g/mol. The van der Waals surface area contributed by atoms with Gasteiger partial charge in [-0.05, 0) is 27.2 Å². The highest BCUT2D eigenvalue weighted by molar-refractivity contribution is 5.82. The summed E-state index contributed by atoms with van der Waals surface area (Å²) in [6.45, 7) is 6.92. The molecule has 5 heteroatoms. The lowest BCUT2D eigenvalue weighted by Crippen LogP contribution is -2.41. The van der Waals surface area contributed by atoms with E-state index in [1.165, 1.54) is 12.0 Å². The van der Waals surface area contributed by atoms with Crippen LogP contribution in [0.4, 0.5) is 0 Å². The van der Waals surface area contributed by atoms with E-state index >= 15 is 0 Å². The first-order chi connectivity index (χ1) is 8.02. The summed E-state index contributed by atoms with van der Waals surface area (Å²) in [5.41, 5.74) is 0. The third-order valence-corrected chi connectivity index (χ3v) is 2.35. The molecule has 17 heavy (non-hydrogen) atoms. The molecule has 100 valence electrons. The average Bonchev–Trinajstić information content (AvgIpc) is 2.30. The Labute approximate surface area is 103 Å². The number of rotatable bonds is 8. The van der Waals surface area contributed by atoms with E-state index in [-0.39, 0.29) is 18.5 Å². The van der Waals surface area contributed by atoms with Crippen LogP contribution in [0.25, 0.3) is 0 Å². The van der Waals surface area contributed by atoms with Crippen molar-refractivity contribution in [3.63, 3.8) is 0 Å². The van der Waals surface area contributed by atoms with E-state index < -0.39 is 5.97 Å². The smallest absolute Gasteiger partial charge is 0.325 e. The fourth-order valence-electron chi connectivity index (χ4n) is 1.38. The Morgan fingerprint density at radius 2 is 1.94 bits per heavy atom. The van der Waals surface area contributed by atoms with Crippen LogP contribution in [0.5, 0.6) is 0 Å². The van der Waals surface area contributed by atoms with Gasteiger partial charge in [-0.2, -0.15) is 0 Å². The molecule has 0 aliphatic carbocycles. The molecule has 0 spiro atoms. The molecule has 1 amide bonds. The molecule has 5 nitrogen and oxygen atoms in total. The second-order valence-corrected chi connectivity index (χ2v) is 3.99. The predicted octanol–water partition coefficient (Wildman–Crippen LogP) is 1.21. The Hall–Kier alpha value is -1.10. The van der Waals surface area contributed by atoms with Crippen molar-refractivity contribution in [2.24, 2.45) is 0 Å². The van der Waals surface area contributed by atoms with Crippen LogP contribution in [0.2, 0.25) is 0 Å². The Morgan fingerprint density at radius 1 is 1.29 bits per heavy atom. The molecule has 0 N–H and O–H groups in total. The Kier molecular flexibility index (Phi) is 8.40. The van der Waals surface area contributed by atoms with Gasteiger partial charge in [0.15, 0.2) is 0 Å². The van der Waals surface area contributed by atoms with Crippen molar-refractivity contribution in [3.8, 4) is 0 Å². The minimum absolute atomic E-state index is 0.00584. The monoisotopic (exact) mass is 245 g/mol. The highest BCUT2D eigenvalue weighted by Crippen LogP contribution is 2.04. The van der Waals surface area contributed by atoms with E-state index in [0.717, 1.165) is 0 Å². The van der Waals surface area contributed by atoms with Gasteiger partial charge in [-0.15, -0.1) is 0 Å². The lowest BCUT2D eigenvalue weighted by atomic mass is 10.2. The SMILES string of the molecule is CCOCCCC(=O)N(CC(=O)OC)C(C)C. The van der Waals surface area contributed by atoms with E-state index in [1.54, 1.807) is 0 Å². The number of amides is 1. The minimum atomic E-state index is -0.392. The maximum Gasteiger partial charge on any atom is 0.325 e. The van der Waals surface area contributed by atoms with Crippen LogP contribution >= 0.6 is 0 Å². The summed E-state index contributed by atoms with van der Waals surface area (Å²) in [4.78, 5) is 24.6. The summed E-state index contributed by atoms with van der Waals surface area (Å²) in [6.07, 6.45) is 1.08. The van der Waals surface area contributed by atoms with Crippen molar-refractivity contribution in [2.45, 2.75) is 39.7 Å². The van der Waals surface area contributed by atoms with E-state index in [0.29, 0.717) is 26.1 Å². The van der Waals surface area contributed by atoms with E-state index in [2.05, 4.69) is 4.74 Å². The van der Waals surface area contributed by atoms with Gasteiger partial charge < -0.3 is 14.4 Å². The third kappa shape index (κ3) is 6.94. The van der Waals surface area contributed by atoms with Crippen LogP contribution in [0.1, 0.15) is 33.6 Å². The lowest BCUT2D eigenvalue weighted by molar-refractivity contribution is -0.148. The van der Waals surface area contributed by atoms with Crippen molar-refractivity contribution in [3.05, 3.63) is 0 Å². The van der Waals surface area contributed by atoms with Gasteiger partial charge in [-0.1, -0.05) is 0 Å². The van der Waals surface area contributed by atoms with Crippen molar-refractivity contribution < 1.29 is 19.1 Å². The van der Waals surface area contributed by atoms with Crippen LogP contribution in [-0.2, 0) is 19.1 Å². The highest BCUT2D eigenvalue weighted by atomic mass is 16.5. The third-order valence-electron chi connectivity index (χ3n) is 2.35. The summed E-state index contributed by atoms with van der Waals surface area (Å²) in [5.74, 6) is -0.429. The van der Waals surface area contributed by atoms with Gasteiger partial charge in [0.2, 0.25) is 5.91 Å². The molecule has 0 aliphatic heterocycles. The van der Waals surface area contributed by atoms with Gasteiger partial charge in [0.05, 0.1) is 7.11 Å². The molecule has 0 atom stereocenters. The zero-order valence-electron chi connectivity index (χ0n) is 11.2. The molecule has 0 aliphatic rings. The molecule has 0 fully saturated rings. The van der Waals surface area contributed by atoms with Crippen molar-refractivity contribution in [1.29, 1.82) is 0 Å². The van der Waals surface area contributed by atoms with Crippen molar-refractivity contribution in [1.82, 2.24) is 4.90 Å². The number of nitrogens with zero attached hydrogens (tertiary/aromatic N) is 1. The van der Waals surface area contributed by atoms with Crippen molar-refractivity contribution in [2.75, 3.05) is 26.9 Å². The maximum atomic E-state index is 11.9. The predicted molar refractivity (Wildman–Crippen MR) is 64.6 cm³/mol. The summed E-state index contributed by atoms with van der Waals surface area (Å²) in [6, 6.07) is -0.00584. The fraction of sp³-hybridized carbons (Fsp3) is 0.833. The number of hydrogen-bond acceptors (Lipinski definition) is 4. The van der Waals surface area contributed by atoms with Gasteiger partial charge in [-0.3, -0.25) is 9.59 Å². The molecule has 0 saturated heterocycles. The quantitative estimate of drug-likeness (QED) is 0.476. The largest absolute Gasteiger partial charge is 0.468 e. The maximum absolute atomic E-state index is 11.9. The number of carbonyl (C=O) groups is 2. The molecule has 0 radical (unpaired) electrons. The lowest BCUT2D eigenvalue weighted by Gasteiger charge is -2.25. The molecule has 0 rings (SSSR count). The van der Waals surface area contributed by atoms with Gasteiger partial charge in [0, 0.05) is 25.7 Å². The van der Waals surface area contributed by atoms with E-state index in [9.17, 15) is 9.59 Å². The first-order valence-corrected chi connectivity index (χ1v) is 5.96. The van der Waals surface area contributed by atoms with Crippen molar-refractivity contribution >= 4 is 11.9 Å². The van der Waals surface area contributed by atoms with E-state index in [4.69, 9.17) is 4.74 Å². The average molecular weight is 245 g/mol. The van der Waals surface area contributed by atoms with Gasteiger partial charge in [-0.25, -0.2) is 0 Å². The summed E-state index contributed by atoms with van der Waals surface area (Å²) in [5, 5.41) is 0. The first kappa shape index (κ1) is 15.9. The standard InChI is InChI=1S/C12H23NO4/c1-5-17-8-6-7-11(14)13(10(2)3)9-12(15)16-4/h10H,5-9H2,1-4H3. The summed E-state index contributed by atoms with van der Waals surface area (Å²) >= 11 is 0. The summed E-state index contributed by atoms with van der Waals surface area (Å²) in [7, 11) is 1.32. The van der Waals surface area contributed by atoms with Gasteiger partial charge in [0.25, 0.3) is 0 Å². The molecular formula is C12H23NO4. The van der Waals surface area contributed by atoms with Gasteiger partial charge >= 0.3 is 5.97 Å². The topological polar surface area (TPSA) is 55.8 Å². The second-order valence-electron chi connectivity index (χ2n) is 3.99. The first-order valence-electron chi connectivity index (χ1n) is 5.96. The van der Waals surface area contributed by atoms with Crippen LogP contribution in [-0.4, -0.2) is 49.7 Å². The molecule has 0 heterocycles. The number of carbonyl (C=O) groups excluding carboxylic acids is 2. The molecule has 0 saturated carbocycles. The zero-order valence-corrected chi connectivity index (χ0v) is 11.2. The normalized spacial score (nSPS) is 10.4. The van der Waals surface area contributed by atoms with Crippen LogP contribution in [0.15, 0.2) is 0 Å². The minimum Gasteiger partial charge on any atom is -0.468 e. The Bertz CT molecular complexity index is 241. The zero-order chi connectivity index (χ0) is 13.3. The number of methoxy groups -OCH3 is 1. The summed E-state index contributed by atoms with van der Waals surface area (Å²) < 4.78 is 9.73. The number of esters is 1. The highest BCUT2D eigenvalue weighted by Gasteiger charge is 2.19. The molecule has 0 aromatic rings. The second kappa shape index (κ2) is 8.98. The van der Waals surface area contributed by atoms with E-state index in [1.807, 2.05) is 20.8 Å². The van der Waals surface area contributed by atoms with Crippen LogP contribution < -0.4 is 0 Å². The Morgan fingerprint density at radius 3 is 2.41 bits per heavy atom. The molecule has 0 bridgehead atoms. The number of ether oxygens (including phenoxy) is 2. The van der Waals surface area contributed by atoms with Crippen LogP contribution in [0.3, 0.4) is 0 Å². The molecule has 0 aromatic carbocycles.